The zero-order valence-electron chi connectivity index (χ0n) is 11.0. The molecule has 0 spiro atoms. The number of ether oxygens (including phenoxy) is 1. The molecule has 1 N–H and O–H groups in total. The van der Waals surface area contributed by atoms with E-state index in [0.29, 0.717) is 5.56 Å². The molecule has 2 rings (SSSR count). The second-order valence-electron chi connectivity index (χ2n) is 4.14. The van der Waals surface area contributed by atoms with Gasteiger partial charge < -0.3 is 9.84 Å². The van der Waals surface area contributed by atoms with Crippen molar-refractivity contribution in [1.29, 1.82) is 0 Å². The minimum Gasteiger partial charge on any atom is -0.516 e. The summed E-state index contributed by atoms with van der Waals surface area (Å²) in [7, 11) is 1.33. The Morgan fingerprint density at radius 2 is 2.05 bits per heavy atom. The summed E-state index contributed by atoms with van der Waals surface area (Å²) in [5.41, 5.74) is 0.155. The molecule has 0 aliphatic heterocycles. The quantitative estimate of drug-likeness (QED) is 0.813. The smallest absolute Gasteiger partial charge is 0.388 e. The number of aryl methyl sites for hydroxylation is 1. The molecular formula is C13H9Cl2F3N2O2. The fraction of sp³-hybridized carbons (Fsp3) is 0.154. The summed E-state index contributed by atoms with van der Waals surface area (Å²) >= 11 is 11.8. The third-order valence-electron chi connectivity index (χ3n) is 2.74. The van der Waals surface area contributed by atoms with Gasteiger partial charge in [0.1, 0.15) is 16.5 Å². The first-order valence-electron chi connectivity index (χ1n) is 5.82. The van der Waals surface area contributed by atoms with Crippen molar-refractivity contribution >= 4 is 29.3 Å². The van der Waals surface area contributed by atoms with Crippen molar-refractivity contribution in [2.75, 3.05) is 0 Å². The van der Waals surface area contributed by atoms with E-state index >= 15 is 0 Å². The van der Waals surface area contributed by atoms with Gasteiger partial charge in [-0.15, -0.1) is 0 Å². The highest BCUT2D eigenvalue weighted by Gasteiger charge is 2.22. The lowest BCUT2D eigenvalue weighted by Crippen LogP contribution is -2.06. The molecule has 1 aromatic heterocycles. The van der Waals surface area contributed by atoms with Crippen molar-refractivity contribution in [2.45, 2.75) is 6.61 Å². The topological polar surface area (TPSA) is 47.3 Å². The van der Waals surface area contributed by atoms with Crippen molar-refractivity contribution in [3.8, 4) is 17.1 Å². The molecule has 0 saturated carbocycles. The van der Waals surface area contributed by atoms with Crippen molar-refractivity contribution in [2.24, 2.45) is 7.05 Å². The minimum atomic E-state index is -3.09. The Balaban J connectivity index is 2.59. The van der Waals surface area contributed by atoms with E-state index in [4.69, 9.17) is 28.3 Å². The predicted octanol–water partition coefficient (Wildman–Crippen LogP) is 4.66. The number of halogens is 5. The predicted molar refractivity (Wildman–Crippen MR) is 76.9 cm³/mol. The Hall–Kier alpha value is -1.86. The molecule has 0 aliphatic carbocycles. The molecule has 4 nitrogen and oxygen atoms in total. The van der Waals surface area contributed by atoms with E-state index in [-0.39, 0.29) is 27.2 Å². The maximum Gasteiger partial charge on any atom is 0.388 e. The summed E-state index contributed by atoms with van der Waals surface area (Å²) in [6, 6.07) is 2.29. The molecule has 0 bridgehead atoms. The highest BCUT2D eigenvalue weighted by Crippen LogP contribution is 2.38. The molecule has 0 amide bonds. The molecule has 0 unspecified atom stereocenters. The molecule has 0 fully saturated rings. The molecule has 0 radical (unpaired) electrons. The molecule has 9 heteroatoms. The average molecular weight is 353 g/mol. The fourth-order valence-corrected chi connectivity index (χ4v) is 2.34. The summed E-state index contributed by atoms with van der Waals surface area (Å²) in [4.78, 5) is 0. The van der Waals surface area contributed by atoms with Gasteiger partial charge in [0.05, 0.1) is 11.3 Å². The van der Waals surface area contributed by atoms with E-state index in [1.54, 1.807) is 0 Å². The lowest BCUT2D eigenvalue weighted by atomic mass is 10.1. The maximum absolute atomic E-state index is 14.1. The third-order valence-corrected chi connectivity index (χ3v) is 3.40. The van der Waals surface area contributed by atoms with Crippen molar-refractivity contribution < 1.29 is 23.0 Å². The summed E-state index contributed by atoms with van der Waals surface area (Å²) in [6.45, 7) is -3.09. The molecule has 1 aromatic carbocycles. The number of alkyl halides is 2. The highest BCUT2D eigenvalue weighted by molar-refractivity contribution is 6.34. The highest BCUT2D eigenvalue weighted by atomic mass is 35.5. The van der Waals surface area contributed by atoms with Gasteiger partial charge in [0, 0.05) is 12.6 Å². The van der Waals surface area contributed by atoms with Crippen LogP contribution in [-0.4, -0.2) is 21.5 Å². The van der Waals surface area contributed by atoms with E-state index in [1.807, 2.05) is 0 Å². The van der Waals surface area contributed by atoms with Crippen LogP contribution in [0.15, 0.2) is 18.4 Å². The van der Waals surface area contributed by atoms with Gasteiger partial charge >= 0.3 is 6.61 Å². The average Bonchev–Trinajstić information content (AvgIpc) is 2.69. The second kappa shape index (κ2) is 6.50. The Bertz CT molecular complexity index is 733. The van der Waals surface area contributed by atoms with E-state index in [1.165, 1.54) is 19.2 Å². The van der Waals surface area contributed by atoms with Crippen LogP contribution < -0.4 is 4.74 Å². The Labute approximate surface area is 133 Å². The molecule has 118 valence electrons. The van der Waals surface area contributed by atoms with Crippen LogP contribution >= 0.6 is 23.2 Å². The number of hydrogen-bond donors (Lipinski definition) is 1. The number of hydrogen-bond acceptors (Lipinski definition) is 3. The lowest BCUT2D eigenvalue weighted by Gasteiger charge is -2.05. The van der Waals surface area contributed by atoms with Gasteiger partial charge in [-0.3, -0.25) is 0 Å². The zero-order valence-corrected chi connectivity index (χ0v) is 12.5. The van der Waals surface area contributed by atoms with E-state index in [2.05, 4.69) is 9.84 Å². The van der Waals surface area contributed by atoms with Gasteiger partial charge in [0.2, 0.25) is 5.88 Å². The Morgan fingerprint density at radius 3 is 2.64 bits per heavy atom. The molecule has 1 heterocycles. The Morgan fingerprint density at radius 1 is 1.36 bits per heavy atom. The van der Waals surface area contributed by atoms with Crippen molar-refractivity contribution in [3.05, 3.63) is 39.8 Å². The summed E-state index contributed by atoms with van der Waals surface area (Å²) in [5, 5.41) is 12.5. The van der Waals surface area contributed by atoms with Crippen LogP contribution in [0.5, 0.6) is 5.88 Å². The van der Waals surface area contributed by atoms with Gasteiger partial charge in [-0.25, -0.2) is 9.07 Å². The number of nitrogens with zero attached hydrogens (tertiary/aromatic N) is 2. The Kier molecular flexibility index (Phi) is 4.87. The normalized spacial score (nSPS) is 11.6. The van der Waals surface area contributed by atoms with Gasteiger partial charge in [0.15, 0.2) is 0 Å². The number of rotatable bonds is 4. The number of aromatic nitrogens is 2. The first kappa shape index (κ1) is 16.5. The molecule has 2 aromatic rings. The SMILES string of the molecule is Cn1nc(-c2cc(/C=C/O)c(Cl)cc2F)c(Cl)c1OC(F)F. The lowest BCUT2D eigenvalue weighted by molar-refractivity contribution is -0.0552. The second-order valence-corrected chi connectivity index (χ2v) is 4.92. The molecule has 0 aliphatic rings. The van der Waals surface area contributed by atoms with Gasteiger partial charge in [-0.05, 0) is 23.8 Å². The van der Waals surface area contributed by atoms with Crippen LogP contribution in [0.3, 0.4) is 0 Å². The van der Waals surface area contributed by atoms with Crippen LogP contribution in [0.25, 0.3) is 17.3 Å². The standard InChI is InChI=1S/C13H9Cl2F3N2O2/c1-20-12(22-13(17)18)10(15)11(19-20)7-4-6(2-3-21)8(14)5-9(7)16/h2-5,13,21H,1H3/b3-2+. The molecular weight excluding hydrogens is 344 g/mol. The monoisotopic (exact) mass is 352 g/mol. The van der Waals surface area contributed by atoms with Crippen LogP contribution in [0.4, 0.5) is 13.2 Å². The zero-order chi connectivity index (χ0) is 16.4. The van der Waals surface area contributed by atoms with E-state index in [9.17, 15) is 13.2 Å². The third kappa shape index (κ3) is 3.15. The van der Waals surface area contributed by atoms with Crippen molar-refractivity contribution in [3.63, 3.8) is 0 Å². The van der Waals surface area contributed by atoms with Crippen LogP contribution in [0.1, 0.15) is 5.56 Å². The fourth-order valence-electron chi connectivity index (χ4n) is 1.82. The van der Waals surface area contributed by atoms with Gasteiger partial charge in [0.25, 0.3) is 0 Å². The number of aliphatic hydroxyl groups is 1. The first-order chi connectivity index (χ1) is 10.3. The molecule has 0 saturated heterocycles. The molecule has 0 atom stereocenters. The number of aliphatic hydroxyl groups excluding tert-OH is 1. The molecule has 22 heavy (non-hydrogen) atoms. The summed E-state index contributed by atoms with van der Waals surface area (Å²) < 4.78 is 44.0. The number of benzene rings is 1. The summed E-state index contributed by atoms with van der Waals surface area (Å²) in [6.07, 6.45) is 1.97. The maximum atomic E-state index is 14.1. The first-order valence-corrected chi connectivity index (χ1v) is 6.58. The van der Waals surface area contributed by atoms with E-state index < -0.39 is 12.4 Å². The minimum absolute atomic E-state index is 0.0580. The largest absolute Gasteiger partial charge is 0.516 e. The van der Waals surface area contributed by atoms with Crippen LogP contribution in [0.2, 0.25) is 10.0 Å². The van der Waals surface area contributed by atoms with E-state index in [0.717, 1.165) is 17.0 Å². The van der Waals surface area contributed by atoms with Crippen molar-refractivity contribution in [1.82, 2.24) is 9.78 Å². The van der Waals surface area contributed by atoms with Crippen LogP contribution in [-0.2, 0) is 7.05 Å². The van der Waals surface area contributed by atoms with Crippen LogP contribution in [0, 0.1) is 5.82 Å². The summed E-state index contributed by atoms with van der Waals surface area (Å²) in [5.74, 6) is -1.14. The van der Waals surface area contributed by atoms with Gasteiger partial charge in [-0.2, -0.15) is 13.9 Å². The van der Waals surface area contributed by atoms with Gasteiger partial charge in [-0.1, -0.05) is 23.2 Å².